The van der Waals surface area contributed by atoms with Crippen molar-refractivity contribution in [3.63, 3.8) is 0 Å². The Bertz CT molecular complexity index is 199. The van der Waals surface area contributed by atoms with Gasteiger partial charge in [-0.15, -0.1) is 0 Å². The lowest BCUT2D eigenvalue weighted by Crippen LogP contribution is -2.12. The van der Waals surface area contributed by atoms with E-state index in [-0.39, 0.29) is 33.2 Å². The maximum absolute atomic E-state index is 9.99. The fourth-order valence-electron chi connectivity index (χ4n) is 0.483. The second kappa shape index (κ2) is 7.18. The van der Waals surface area contributed by atoms with Gasteiger partial charge in [0.05, 0.1) is 26.4 Å². The molecular weight excluding hydrogens is 204 g/mol. The summed E-state index contributed by atoms with van der Waals surface area (Å²) in [5.74, 6) is 0. The van der Waals surface area contributed by atoms with Crippen molar-refractivity contribution in [2.24, 2.45) is 0 Å². The van der Waals surface area contributed by atoms with Crippen LogP contribution >= 0.6 is 0 Å². The summed E-state index contributed by atoms with van der Waals surface area (Å²) in [7, 11) is -4.37. The molecule has 80 valence electrons. The van der Waals surface area contributed by atoms with Crippen LogP contribution in [0, 0.1) is 0 Å². The lowest BCUT2D eigenvalue weighted by atomic mass is 10.7. The Balaban J connectivity index is 3.09. The fourth-order valence-corrected chi connectivity index (χ4v) is 0.761. The molecule has 0 aromatic heterocycles. The van der Waals surface area contributed by atoms with Gasteiger partial charge in [0.25, 0.3) is 0 Å². The average molecular weight is 216 g/mol. The first kappa shape index (κ1) is 12.8. The minimum Gasteiger partial charge on any atom is -0.377 e. The lowest BCUT2D eigenvalue weighted by molar-refractivity contribution is -0.0318. The van der Waals surface area contributed by atoms with E-state index in [0.29, 0.717) is 0 Å². The number of rotatable bonds is 8. The molecule has 0 aliphatic heterocycles. The number of aliphatic hydroxyl groups is 1. The summed E-state index contributed by atoms with van der Waals surface area (Å²) < 4.78 is 41.3. The molecule has 8 heteroatoms. The van der Waals surface area contributed by atoms with Crippen molar-refractivity contribution in [1.82, 2.24) is 0 Å². The first-order chi connectivity index (χ1) is 6.06. The molecule has 0 aromatic rings. The monoisotopic (exact) mass is 216 g/mol. The second-order valence-corrected chi connectivity index (χ2v) is 2.99. The third kappa shape index (κ3) is 11.8. The zero-order valence-electron chi connectivity index (χ0n) is 6.88. The van der Waals surface area contributed by atoms with Gasteiger partial charge in [0, 0.05) is 0 Å². The van der Waals surface area contributed by atoms with Crippen LogP contribution in [0.15, 0.2) is 0 Å². The molecule has 0 saturated carbocycles. The maximum Gasteiger partial charge on any atom is 0.397 e. The normalized spacial score (nSPS) is 11.8. The van der Waals surface area contributed by atoms with Crippen molar-refractivity contribution < 1.29 is 31.7 Å². The first-order valence-corrected chi connectivity index (χ1v) is 4.81. The van der Waals surface area contributed by atoms with Crippen molar-refractivity contribution in [2.75, 3.05) is 33.2 Å². The summed E-state index contributed by atoms with van der Waals surface area (Å²) in [6, 6.07) is 0. The van der Waals surface area contributed by atoms with Crippen LogP contribution in [0.4, 0.5) is 0 Å². The molecule has 0 radical (unpaired) electrons. The van der Waals surface area contributed by atoms with Crippen molar-refractivity contribution in [3.8, 4) is 0 Å². The van der Waals surface area contributed by atoms with Gasteiger partial charge in [0.15, 0.2) is 0 Å². The summed E-state index contributed by atoms with van der Waals surface area (Å²) in [6.45, 7) is -0.185. The number of ether oxygens (including phenoxy) is 2. The summed E-state index contributed by atoms with van der Waals surface area (Å²) in [5, 5.41) is 8.16. The van der Waals surface area contributed by atoms with Crippen LogP contribution in [-0.4, -0.2) is 51.3 Å². The Morgan fingerprint density at radius 2 is 1.54 bits per heavy atom. The van der Waals surface area contributed by atoms with Crippen LogP contribution in [0.1, 0.15) is 0 Å². The van der Waals surface area contributed by atoms with E-state index in [1.807, 2.05) is 0 Å². The van der Waals surface area contributed by atoms with Gasteiger partial charge in [-0.3, -0.25) is 4.55 Å². The average Bonchev–Trinajstić information content (AvgIpc) is 2.01. The van der Waals surface area contributed by atoms with E-state index in [9.17, 15) is 8.42 Å². The summed E-state index contributed by atoms with van der Waals surface area (Å²) in [5.41, 5.74) is 0. The predicted molar refractivity (Wildman–Crippen MR) is 41.4 cm³/mol. The standard InChI is InChI=1S/C5H12O7S/c6-5-11-2-1-10-3-4-12-13(7,8)9/h6H,1-5H2,(H,7,8,9). The Kier molecular flexibility index (Phi) is 7.04. The van der Waals surface area contributed by atoms with Gasteiger partial charge < -0.3 is 14.6 Å². The second-order valence-electron chi connectivity index (χ2n) is 1.90. The molecule has 0 spiro atoms. The van der Waals surface area contributed by atoms with Crippen molar-refractivity contribution in [3.05, 3.63) is 0 Å². The zero-order valence-corrected chi connectivity index (χ0v) is 7.70. The molecule has 0 aliphatic carbocycles. The van der Waals surface area contributed by atoms with Gasteiger partial charge in [-0.1, -0.05) is 0 Å². The van der Waals surface area contributed by atoms with E-state index in [1.54, 1.807) is 0 Å². The third-order valence-corrected chi connectivity index (χ3v) is 1.39. The molecule has 0 rings (SSSR count). The van der Waals surface area contributed by atoms with E-state index < -0.39 is 10.4 Å². The molecule has 0 heterocycles. The Morgan fingerprint density at radius 1 is 1.00 bits per heavy atom. The van der Waals surface area contributed by atoms with Crippen LogP contribution in [0.3, 0.4) is 0 Å². The van der Waals surface area contributed by atoms with Gasteiger partial charge in [-0.2, -0.15) is 8.42 Å². The van der Waals surface area contributed by atoms with Crippen LogP contribution < -0.4 is 0 Å². The SMILES string of the molecule is O=S(=O)(O)OCCOCCOCO. The van der Waals surface area contributed by atoms with Gasteiger partial charge in [0.2, 0.25) is 0 Å². The molecule has 2 N–H and O–H groups in total. The molecule has 0 fully saturated rings. The molecule has 0 saturated heterocycles. The van der Waals surface area contributed by atoms with Gasteiger partial charge >= 0.3 is 10.4 Å². The Labute approximate surface area is 76.2 Å². The Morgan fingerprint density at radius 3 is 2.08 bits per heavy atom. The fraction of sp³-hybridized carbons (Fsp3) is 1.00. The van der Waals surface area contributed by atoms with E-state index in [2.05, 4.69) is 8.92 Å². The summed E-state index contributed by atoms with van der Waals surface area (Å²) >= 11 is 0. The molecular formula is C5H12O7S. The van der Waals surface area contributed by atoms with Gasteiger partial charge in [0.1, 0.15) is 6.79 Å². The zero-order chi connectivity index (χ0) is 10.2. The molecule has 0 aromatic carbocycles. The highest BCUT2D eigenvalue weighted by Gasteiger charge is 2.02. The molecule has 0 unspecified atom stereocenters. The van der Waals surface area contributed by atoms with Crippen LogP contribution in [0.5, 0.6) is 0 Å². The smallest absolute Gasteiger partial charge is 0.377 e. The van der Waals surface area contributed by atoms with Gasteiger partial charge in [-0.25, -0.2) is 4.18 Å². The summed E-state index contributed by atoms with van der Waals surface area (Å²) in [4.78, 5) is 0. The number of hydrogen-bond donors (Lipinski definition) is 2. The lowest BCUT2D eigenvalue weighted by Gasteiger charge is -2.02. The molecule has 0 amide bonds. The molecule has 0 bridgehead atoms. The van der Waals surface area contributed by atoms with Crippen LogP contribution in [0.25, 0.3) is 0 Å². The quantitative estimate of drug-likeness (QED) is 0.298. The highest BCUT2D eigenvalue weighted by Crippen LogP contribution is 1.86. The topological polar surface area (TPSA) is 102 Å². The van der Waals surface area contributed by atoms with Gasteiger partial charge in [-0.05, 0) is 0 Å². The number of aliphatic hydroxyl groups excluding tert-OH is 1. The van der Waals surface area contributed by atoms with Crippen molar-refractivity contribution in [1.29, 1.82) is 0 Å². The van der Waals surface area contributed by atoms with E-state index in [0.717, 1.165) is 0 Å². The minimum atomic E-state index is -4.37. The van der Waals surface area contributed by atoms with Crippen molar-refractivity contribution in [2.45, 2.75) is 0 Å². The molecule has 0 atom stereocenters. The van der Waals surface area contributed by atoms with E-state index >= 15 is 0 Å². The highest BCUT2D eigenvalue weighted by atomic mass is 32.3. The minimum absolute atomic E-state index is 0.0224. The maximum atomic E-state index is 9.99. The largest absolute Gasteiger partial charge is 0.397 e. The van der Waals surface area contributed by atoms with Crippen LogP contribution in [0.2, 0.25) is 0 Å². The molecule has 7 nitrogen and oxygen atoms in total. The summed E-state index contributed by atoms with van der Waals surface area (Å²) in [6.07, 6.45) is 0. The first-order valence-electron chi connectivity index (χ1n) is 3.44. The van der Waals surface area contributed by atoms with E-state index in [1.165, 1.54) is 0 Å². The molecule has 0 aliphatic rings. The molecule has 13 heavy (non-hydrogen) atoms. The predicted octanol–water partition coefficient (Wildman–Crippen LogP) is -1.21. The van der Waals surface area contributed by atoms with E-state index in [4.69, 9.17) is 14.4 Å². The Hall–Kier alpha value is -0.250. The highest BCUT2D eigenvalue weighted by molar-refractivity contribution is 7.80. The van der Waals surface area contributed by atoms with Crippen molar-refractivity contribution >= 4 is 10.4 Å². The third-order valence-electron chi connectivity index (χ3n) is 0.923. The number of hydrogen-bond acceptors (Lipinski definition) is 6. The van der Waals surface area contributed by atoms with Crippen LogP contribution in [-0.2, 0) is 24.1 Å².